The minimum absolute atomic E-state index is 0.274. The summed E-state index contributed by atoms with van der Waals surface area (Å²) in [7, 11) is 0. The molecule has 3 rings (SSSR count). The molecule has 0 aliphatic carbocycles. The van der Waals surface area contributed by atoms with Crippen LogP contribution in [0.5, 0.6) is 11.5 Å². The van der Waals surface area contributed by atoms with Gasteiger partial charge in [-0.2, -0.15) is 0 Å². The van der Waals surface area contributed by atoms with Crippen molar-refractivity contribution in [1.82, 2.24) is 0 Å². The molecule has 0 atom stereocenters. The molecule has 138 valence electrons. The average molecular weight is 362 g/mol. The third kappa shape index (κ3) is 4.56. The van der Waals surface area contributed by atoms with E-state index < -0.39 is 0 Å². The number of ether oxygens (including phenoxy) is 2. The van der Waals surface area contributed by atoms with Crippen LogP contribution < -0.4 is 9.47 Å². The van der Waals surface area contributed by atoms with E-state index in [1.165, 1.54) is 0 Å². The predicted octanol–water partition coefficient (Wildman–Crippen LogP) is 6.56. The summed E-state index contributed by atoms with van der Waals surface area (Å²) in [5.41, 5.74) is 2.09. The van der Waals surface area contributed by atoms with Crippen LogP contribution in [-0.4, -0.2) is 13.2 Å². The van der Waals surface area contributed by atoms with Crippen molar-refractivity contribution in [2.24, 2.45) is 0 Å². The molecule has 0 aliphatic rings. The summed E-state index contributed by atoms with van der Waals surface area (Å²) in [6.45, 7) is 4.79. The highest BCUT2D eigenvalue weighted by molar-refractivity contribution is 5.89. The first-order valence-electron chi connectivity index (χ1n) is 9.03. The van der Waals surface area contributed by atoms with E-state index in [2.05, 4.69) is 0 Å². The van der Waals surface area contributed by atoms with Gasteiger partial charge in [-0.05, 0) is 54.6 Å². The summed E-state index contributed by atoms with van der Waals surface area (Å²) in [4.78, 5) is 0. The van der Waals surface area contributed by atoms with Gasteiger partial charge in [-0.25, -0.2) is 4.39 Å². The molecule has 0 saturated carbocycles. The van der Waals surface area contributed by atoms with Gasteiger partial charge in [0.2, 0.25) is 0 Å². The zero-order chi connectivity index (χ0) is 19.1. The molecule has 0 spiro atoms. The number of allylic oxidation sites excluding steroid dienone is 2. The fraction of sp³-hybridized carbons (Fsp3) is 0.167. The largest absolute Gasteiger partial charge is 0.490 e. The highest BCUT2D eigenvalue weighted by atomic mass is 19.1. The number of halogens is 1. The average Bonchev–Trinajstić information content (AvgIpc) is 2.70. The van der Waals surface area contributed by atoms with Gasteiger partial charge in [0.25, 0.3) is 0 Å². The topological polar surface area (TPSA) is 18.5 Å². The fourth-order valence-corrected chi connectivity index (χ4v) is 2.78. The maximum atomic E-state index is 14.7. The van der Waals surface area contributed by atoms with Crippen molar-refractivity contribution in [3.8, 4) is 22.6 Å². The Labute approximate surface area is 159 Å². The van der Waals surface area contributed by atoms with Crippen molar-refractivity contribution in [2.75, 3.05) is 13.2 Å². The number of fused-ring (bicyclic) bond motifs is 1. The summed E-state index contributed by atoms with van der Waals surface area (Å²) in [5.74, 6) is 0.777. The molecule has 0 heterocycles. The minimum Gasteiger partial charge on any atom is -0.490 e. The van der Waals surface area contributed by atoms with E-state index in [4.69, 9.17) is 9.47 Å². The zero-order valence-electron chi connectivity index (χ0n) is 15.6. The van der Waals surface area contributed by atoms with Gasteiger partial charge in [-0.1, -0.05) is 54.6 Å². The smallest absolute Gasteiger partial charge is 0.172 e. The molecule has 0 fully saturated rings. The lowest BCUT2D eigenvalue weighted by molar-refractivity contribution is 0.343. The van der Waals surface area contributed by atoms with E-state index in [1.54, 1.807) is 12.1 Å². The van der Waals surface area contributed by atoms with Crippen molar-refractivity contribution in [1.29, 1.82) is 0 Å². The van der Waals surface area contributed by atoms with E-state index in [9.17, 15) is 4.39 Å². The van der Waals surface area contributed by atoms with E-state index in [0.717, 1.165) is 22.3 Å². The molecular weight excluding hydrogens is 339 g/mol. The van der Waals surface area contributed by atoms with E-state index in [-0.39, 0.29) is 11.6 Å². The Bertz CT molecular complexity index is 956. The van der Waals surface area contributed by atoms with Crippen molar-refractivity contribution < 1.29 is 13.9 Å². The highest BCUT2D eigenvalue weighted by Crippen LogP contribution is 2.31. The molecule has 0 radical (unpaired) electrons. The van der Waals surface area contributed by atoms with Gasteiger partial charge in [0.15, 0.2) is 11.6 Å². The summed E-state index contributed by atoms with van der Waals surface area (Å²) < 4.78 is 25.8. The van der Waals surface area contributed by atoms with Crippen LogP contribution in [0.15, 0.2) is 78.9 Å². The Kier molecular flexibility index (Phi) is 6.26. The summed E-state index contributed by atoms with van der Waals surface area (Å²) >= 11 is 0. The van der Waals surface area contributed by atoms with Gasteiger partial charge in [-0.3, -0.25) is 0 Å². The Hall–Kier alpha value is -3.07. The lowest BCUT2D eigenvalue weighted by Gasteiger charge is -2.10. The van der Waals surface area contributed by atoms with Gasteiger partial charge >= 0.3 is 0 Å². The second kappa shape index (κ2) is 9.04. The van der Waals surface area contributed by atoms with E-state index in [0.29, 0.717) is 18.6 Å². The lowest BCUT2D eigenvalue weighted by atomic mass is 10.0. The monoisotopic (exact) mass is 362 g/mol. The molecule has 27 heavy (non-hydrogen) atoms. The second-order valence-corrected chi connectivity index (χ2v) is 6.10. The van der Waals surface area contributed by atoms with E-state index >= 15 is 0 Å². The number of benzene rings is 3. The van der Waals surface area contributed by atoms with Crippen LogP contribution in [0.3, 0.4) is 0 Å². The van der Waals surface area contributed by atoms with Gasteiger partial charge in [-0.15, -0.1) is 0 Å². The standard InChI is InChI=1S/C24H23FO2/c1-3-5-15-26-21-11-7-18(8-12-21)19-9-13-22-20(17-19)10-14-23(24(22)25)27-16-6-4-2/h3-14,17H,15-16H2,1-2H3. The Morgan fingerprint density at radius 1 is 0.778 bits per heavy atom. The number of rotatable bonds is 7. The lowest BCUT2D eigenvalue weighted by Crippen LogP contribution is -1.96. The normalized spacial score (nSPS) is 11.5. The second-order valence-electron chi connectivity index (χ2n) is 6.10. The van der Waals surface area contributed by atoms with Crippen LogP contribution >= 0.6 is 0 Å². The predicted molar refractivity (Wildman–Crippen MR) is 110 cm³/mol. The highest BCUT2D eigenvalue weighted by Gasteiger charge is 2.09. The first kappa shape index (κ1) is 18.7. The van der Waals surface area contributed by atoms with Crippen molar-refractivity contribution in [3.63, 3.8) is 0 Å². The SMILES string of the molecule is CC=CCOc1ccc(-c2ccc3c(F)c(OCC=CC)ccc3c2)cc1. The first-order chi connectivity index (χ1) is 13.2. The molecule has 3 aromatic rings. The van der Waals surface area contributed by atoms with Gasteiger partial charge in [0.05, 0.1) is 0 Å². The van der Waals surface area contributed by atoms with Crippen LogP contribution in [0, 0.1) is 5.82 Å². The molecule has 0 N–H and O–H groups in total. The summed E-state index contributed by atoms with van der Waals surface area (Å²) in [5, 5.41) is 1.40. The van der Waals surface area contributed by atoms with E-state index in [1.807, 2.05) is 80.6 Å². The van der Waals surface area contributed by atoms with Crippen molar-refractivity contribution in [2.45, 2.75) is 13.8 Å². The van der Waals surface area contributed by atoms with Crippen LogP contribution in [-0.2, 0) is 0 Å². The molecular formula is C24H23FO2. The molecule has 0 aliphatic heterocycles. The third-order valence-corrected chi connectivity index (χ3v) is 4.26. The zero-order valence-corrected chi connectivity index (χ0v) is 15.6. The molecule has 0 bridgehead atoms. The van der Waals surface area contributed by atoms with Crippen molar-refractivity contribution in [3.05, 3.63) is 84.7 Å². The third-order valence-electron chi connectivity index (χ3n) is 4.26. The maximum absolute atomic E-state index is 14.7. The quantitative estimate of drug-likeness (QED) is 0.443. The Balaban J connectivity index is 1.83. The number of hydrogen-bond donors (Lipinski definition) is 0. The Morgan fingerprint density at radius 2 is 1.44 bits per heavy atom. The fourth-order valence-electron chi connectivity index (χ4n) is 2.78. The van der Waals surface area contributed by atoms with Crippen LogP contribution in [0.1, 0.15) is 13.8 Å². The van der Waals surface area contributed by atoms with Gasteiger partial charge in [0.1, 0.15) is 19.0 Å². The molecule has 3 heteroatoms. The molecule has 0 amide bonds. The molecule has 2 nitrogen and oxygen atoms in total. The number of hydrogen-bond acceptors (Lipinski definition) is 2. The van der Waals surface area contributed by atoms with Crippen LogP contribution in [0.4, 0.5) is 4.39 Å². The van der Waals surface area contributed by atoms with Crippen LogP contribution in [0.25, 0.3) is 21.9 Å². The first-order valence-corrected chi connectivity index (χ1v) is 9.03. The maximum Gasteiger partial charge on any atom is 0.172 e. The van der Waals surface area contributed by atoms with Gasteiger partial charge in [0, 0.05) is 5.39 Å². The van der Waals surface area contributed by atoms with Gasteiger partial charge < -0.3 is 9.47 Å². The Morgan fingerprint density at radius 3 is 2.15 bits per heavy atom. The summed E-state index contributed by atoms with van der Waals surface area (Å²) in [6.07, 6.45) is 7.64. The summed E-state index contributed by atoms with van der Waals surface area (Å²) in [6, 6.07) is 17.2. The molecule has 0 aromatic heterocycles. The minimum atomic E-state index is -0.323. The molecule has 0 saturated heterocycles. The van der Waals surface area contributed by atoms with Crippen LogP contribution in [0.2, 0.25) is 0 Å². The molecule has 3 aromatic carbocycles. The van der Waals surface area contributed by atoms with Crippen molar-refractivity contribution >= 4 is 10.8 Å². The molecule has 0 unspecified atom stereocenters.